The monoisotopic (exact) mass is 237 g/mol. The van der Waals surface area contributed by atoms with Crippen LogP contribution in [0.15, 0.2) is 30.3 Å². The highest BCUT2D eigenvalue weighted by atomic mass is 16.5. The third-order valence-corrected chi connectivity index (χ3v) is 2.81. The molecule has 0 aromatic heterocycles. The summed E-state index contributed by atoms with van der Waals surface area (Å²) in [5.41, 5.74) is 0.954. The largest absolute Gasteiger partial charge is 0.480 e. The normalized spacial score (nSPS) is 28.2. The van der Waals surface area contributed by atoms with Crippen LogP contribution >= 0.6 is 0 Å². The number of hydrogen-bond donors (Lipinski definition) is 3. The van der Waals surface area contributed by atoms with E-state index in [1.54, 1.807) is 0 Å². The van der Waals surface area contributed by atoms with Gasteiger partial charge in [0.1, 0.15) is 12.1 Å². The van der Waals surface area contributed by atoms with Gasteiger partial charge in [-0.2, -0.15) is 0 Å². The summed E-state index contributed by atoms with van der Waals surface area (Å²) in [7, 11) is 0. The number of hydrogen-bond acceptors (Lipinski definition) is 4. The number of carbonyl (C=O) groups is 1. The van der Waals surface area contributed by atoms with Crippen LogP contribution < -0.4 is 5.32 Å². The third-order valence-electron chi connectivity index (χ3n) is 2.81. The summed E-state index contributed by atoms with van der Waals surface area (Å²) in [5, 5.41) is 21.3. The molecule has 0 saturated carbocycles. The van der Waals surface area contributed by atoms with Crippen molar-refractivity contribution in [2.75, 3.05) is 6.54 Å². The highest BCUT2D eigenvalue weighted by Gasteiger charge is 2.40. The smallest absolute Gasteiger partial charge is 0.323 e. The number of ether oxygens (including phenoxy) is 1. The van der Waals surface area contributed by atoms with Crippen molar-refractivity contribution in [2.45, 2.75) is 24.9 Å². The summed E-state index contributed by atoms with van der Waals surface area (Å²) in [4.78, 5) is 10.9. The number of nitrogens with one attached hydrogen (secondary N) is 1. The van der Waals surface area contributed by atoms with Gasteiger partial charge in [-0.1, -0.05) is 30.3 Å². The van der Waals surface area contributed by atoms with E-state index in [-0.39, 0.29) is 6.54 Å². The molecule has 3 N–H and O–H groups in total. The van der Waals surface area contributed by atoms with Crippen LogP contribution in [0.5, 0.6) is 0 Å². The number of β-amino-alcohol motifs (C(OH)–C–C–N with tert-alkyl or cyclic N) is 1. The molecule has 0 aliphatic carbocycles. The molecule has 1 aliphatic heterocycles. The van der Waals surface area contributed by atoms with E-state index in [9.17, 15) is 9.90 Å². The van der Waals surface area contributed by atoms with Crippen LogP contribution in [0.3, 0.4) is 0 Å². The maximum atomic E-state index is 10.9. The van der Waals surface area contributed by atoms with Gasteiger partial charge >= 0.3 is 5.97 Å². The zero-order valence-corrected chi connectivity index (χ0v) is 9.24. The summed E-state index contributed by atoms with van der Waals surface area (Å²) >= 11 is 0. The molecule has 5 heteroatoms. The lowest BCUT2D eigenvalue weighted by Crippen LogP contribution is -2.41. The highest BCUT2D eigenvalue weighted by Crippen LogP contribution is 2.15. The fraction of sp³-hybridized carbons (Fsp3) is 0.417. The first-order valence-corrected chi connectivity index (χ1v) is 5.48. The molecule has 1 fully saturated rings. The predicted molar refractivity (Wildman–Crippen MR) is 60.5 cm³/mol. The van der Waals surface area contributed by atoms with E-state index in [1.165, 1.54) is 0 Å². The Hall–Kier alpha value is -1.43. The second kappa shape index (κ2) is 5.27. The lowest BCUT2D eigenvalue weighted by molar-refractivity contribution is -0.144. The SMILES string of the molecule is O=C(O)[C@H]1NC[C@@H](O)[C@@H]1OCc1ccccc1. The average molecular weight is 237 g/mol. The summed E-state index contributed by atoms with van der Waals surface area (Å²) < 4.78 is 5.48. The van der Waals surface area contributed by atoms with Crippen molar-refractivity contribution in [2.24, 2.45) is 0 Å². The third kappa shape index (κ3) is 2.82. The first-order valence-electron chi connectivity index (χ1n) is 5.48. The Morgan fingerprint density at radius 2 is 2.12 bits per heavy atom. The van der Waals surface area contributed by atoms with Gasteiger partial charge < -0.3 is 14.9 Å². The van der Waals surface area contributed by atoms with Gasteiger partial charge in [0.05, 0.1) is 12.7 Å². The zero-order valence-electron chi connectivity index (χ0n) is 9.24. The van der Waals surface area contributed by atoms with E-state index in [0.29, 0.717) is 6.61 Å². The fourth-order valence-electron chi connectivity index (χ4n) is 1.90. The van der Waals surface area contributed by atoms with Crippen molar-refractivity contribution in [3.05, 3.63) is 35.9 Å². The topological polar surface area (TPSA) is 78.8 Å². The second-order valence-electron chi connectivity index (χ2n) is 4.05. The lowest BCUT2D eigenvalue weighted by atomic mass is 10.1. The number of rotatable bonds is 4. The number of aliphatic hydroxyl groups is 1. The number of carboxylic acids is 1. The summed E-state index contributed by atoms with van der Waals surface area (Å²) in [5.74, 6) is -1.00. The first-order chi connectivity index (χ1) is 8.18. The summed E-state index contributed by atoms with van der Waals surface area (Å²) in [6.07, 6.45) is -1.48. The number of aliphatic carboxylic acids is 1. The minimum atomic E-state index is -1.00. The van der Waals surface area contributed by atoms with Gasteiger partial charge in [-0.3, -0.25) is 10.1 Å². The molecule has 1 aromatic carbocycles. The minimum Gasteiger partial charge on any atom is -0.480 e. The molecule has 5 nitrogen and oxygen atoms in total. The quantitative estimate of drug-likeness (QED) is 0.686. The Morgan fingerprint density at radius 3 is 2.76 bits per heavy atom. The Bertz CT molecular complexity index is 381. The van der Waals surface area contributed by atoms with E-state index in [4.69, 9.17) is 9.84 Å². The van der Waals surface area contributed by atoms with E-state index >= 15 is 0 Å². The fourth-order valence-corrected chi connectivity index (χ4v) is 1.90. The molecule has 3 atom stereocenters. The van der Waals surface area contributed by atoms with Crippen LogP contribution in [0.25, 0.3) is 0 Å². The molecule has 1 heterocycles. The summed E-state index contributed by atoms with van der Waals surface area (Å²) in [6, 6.07) is 8.62. The van der Waals surface area contributed by atoms with Crippen LogP contribution in [0.2, 0.25) is 0 Å². The molecule has 0 bridgehead atoms. The van der Waals surface area contributed by atoms with Gasteiger partial charge in [0.15, 0.2) is 0 Å². The number of aliphatic hydroxyl groups excluding tert-OH is 1. The molecule has 0 amide bonds. The van der Waals surface area contributed by atoms with E-state index < -0.39 is 24.2 Å². The van der Waals surface area contributed by atoms with Gasteiger partial charge in [-0.15, -0.1) is 0 Å². The minimum absolute atomic E-state index is 0.246. The average Bonchev–Trinajstić information content (AvgIpc) is 2.69. The second-order valence-corrected chi connectivity index (χ2v) is 4.05. The van der Waals surface area contributed by atoms with Gasteiger partial charge in [-0.05, 0) is 5.56 Å². The maximum Gasteiger partial charge on any atom is 0.323 e. The van der Waals surface area contributed by atoms with Gasteiger partial charge in [0.2, 0.25) is 0 Å². The summed E-state index contributed by atoms with van der Waals surface area (Å²) in [6.45, 7) is 0.546. The maximum absolute atomic E-state index is 10.9. The molecule has 17 heavy (non-hydrogen) atoms. The van der Waals surface area contributed by atoms with Crippen molar-refractivity contribution in [1.82, 2.24) is 5.32 Å². The van der Waals surface area contributed by atoms with Crippen molar-refractivity contribution >= 4 is 5.97 Å². The van der Waals surface area contributed by atoms with Gasteiger partial charge in [-0.25, -0.2) is 0 Å². The van der Waals surface area contributed by atoms with Crippen LogP contribution in [0.1, 0.15) is 5.56 Å². The van der Waals surface area contributed by atoms with E-state index in [1.807, 2.05) is 30.3 Å². The van der Waals surface area contributed by atoms with Gasteiger partial charge in [0.25, 0.3) is 0 Å². The molecular formula is C12H15NO4. The van der Waals surface area contributed by atoms with Gasteiger partial charge in [0, 0.05) is 6.54 Å². The Labute approximate surface area is 99.0 Å². The van der Waals surface area contributed by atoms with Crippen LogP contribution in [-0.4, -0.2) is 41.0 Å². The zero-order chi connectivity index (χ0) is 12.3. The molecule has 0 unspecified atom stereocenters. The molecular weight excluding hydrogens is 222 g/mol. The van der Waals surface area contributed by atoms with E-state index in [2.05, 4.69) is 5.32 Å². The van der Waals surface area contributed by atoms with Crippen molar-refractivity contribution < 1.29 is 19.7 Å². The highest BCUT2D eigenvalue weighted by molar-refractivity contribution is 5.75. The Morgan fingerprint density at radius 1 is 1.41 bits per heavy atom. The Kier molecular flexibility index (Phi) is 3.73. The lowest BCUT2D eigenvalue weighted by Gasteiger charge is -2.19. The molecule has 92 valence electrons. The molecule has 1 saturated heterocycles. The first kappa shape index (κ1) is 12.0. The molecule has 0 radical (unpaired) electrons. The molecule has 2 rings (SSSR count). The molecule has 0 spiro atoms. The van der Waals surface area contributed by atoms with Crippen LogP contribution in [0.4, 0.5) is 0 Å². The van der Waals surface area contributed by atoms with Crippen molar-refractivity contribution in [3.8, 4) is 0 Å². The standard InChI is InChI=1S/C12H15NO4/c14-9-6-13-10(12(15)16)11(9)17-7-8-4-2-1-3-5-8/h1-5,9-11,13-14H,6-7H2,(H,15,16)/t9-,10+,11+/m1/s1. The predicted octanol–water partition coefficient (Wildman–Crippen LogP) is -0.0109. The Balaban J connectivity index is 1.95. The van der Waals surface area contributed by atoms with Crippen molar-refractivity contribution in [1.29, 1.82) is 0 Å². The van der Waals surface area contributed by atoms with Crippen LogP contribution in [0, 0.1) is 0 Å². The molecule has 1 aromatic rings. The van der Waals surface area contributed by atoms with Crippen LogP contribution in [-0.2, 0) is 16.1 Å². The molecule has 1 aliphatic rings. The number of carboxylic acid groups (broad SMARTS) is 1. The van der Waals surface area contributed by atoms with Crippen molar-refractivity contribution in [3.63, 3.8) is 0 Å². The number of benzene rings is 1. The van der Waals surface area contributed by atoms with E-state index in [0.717, 1.165) is 5.56 Å².